The normalized spacial score (nSPS) is 22.4. The Labute approximate surface area is 101 Å². The van der Waals surface area contributed by atoms with Gasteiger partial charge in [0.25, 0.3) is 0 Å². The second kappa shape index (κ2) is 7.11. The molecule has 2 atom stereocenters. The highest BCUT2D eigenvalue weighted by molar-refractivity contribution is 5.89. The largest absolute Gasteiger partial charge is 0.409 e. The van der Waals surface area contributed by atoms with Gasteiger partial charge in [0.15, 0.2) is 5.84 Å². The van der Waals surface area contributed by atoms with E-state index in [2.05, 4.69) is 10.5 Å². The minimum Gasteiger partial charge on any atom is -0.409 e. The molecule has 0 saturated carbocycles. The molecule has 1 amide bonds. The van der Waals surface area contributed by atoms with Crippen molar-refractivity contribution in [1.29, 1.82) is 0 Å². The minimum absolute atomic E-state index is 0.0181. The average molecular weight is 243 g/mol. The summed E-state index contributed by atoms with van der Waals surface area (Å²) in [4.78, 5) is 11.7. The van der Waals surface area contributed by atoms with E-state index >= 15 is 0 Å². The van der Waals surface area contributed by atoms with Crippen LogP contribution >= 0.6 is 0 Å². The second-order valence-corrected chi connectivity index (χ2v) is 4.27. The van der Waals surface area contributed by atoms with Crippen molar-refractivity contribution in [2.45, 2.75) is 51.2 Å². The molecule has 0 aromatic carbocycles. The van der Waals surface area contributed by atoms with Gasteiger partial charge in [0.2, 0.25) is 5.91 Å². The van der Waals surface area contributed by atoms with E-state index in [1.165, 1.54) is 0 Å². The molecule has 0 aliphatic carbocycles. The van der Waals surface area contributed by atoms with E-state index < -0.39 is 0 Å². The van der Waals surface area contributed by atoms with Gasteiger partial charge < -0.3 is 21.0 Å². The number of carbonyl (C=O) groups is 1. The first-order valence-corrected chi connectivity index (χ1v) is 6.05. The first kappa shape index (κ1) is 13.8. The summed E-state index contributed by atoms with van der Waals surface area (Å²) >= 11 is 0. The molecule has 0 spiro atoms. The van der Waals surface area contributed by atoms with E-state index in [9.17, 15) is 4.79 Å². The summed E-state index contributed by atoms with van der Waals surface area (Å²) in [5.74, 6) is -0.0607. The lowest BCUT2D eigenvalue weighted by Crippen LogP contribution is -2.45. The second-order valence-electron chi connectivity index (χ2n) is 4.27. The van der Waals surface area contributed by atoms with E-state index in [1.807, 2.05) is 6.92 Å². The summed E-state index contributed by atoms with van der Waals surface area (Å²) in [5.41, 5.74) is 5.51. The number of hydrogen-bond donors (Lipinski definition) is 3. The summed E-state index contributed by atoms with van der Waals surface area (Å²) in [6.07, 6.45) is 3.81. The standard InChI is InChI=1S/C11H21N3O3/c1-2-4-9(11(12)14-16)13-10(15)7-8-5-3-6-17-8/h8-9,16H,2-7H2,1H3,(H2,12,14)(H,13,15). The van der Waals surface area contributed by atoms with Crippen LogP contribution < -0.4 is 11.1 Å². The Kier molecular flexibility index (Phi) is 5.76. The number of nitrogens with one attached hydrogen (secondary N) is 1. The van der Waals surface area contributed by atoms with Crippen LogP contribution in [0.1, 0.15) is 39.0 Å². The maximum atomic E-state index is 11.7. The zero-order valence-corrected chi connectivity index (χ0v) is 10.2. The van der Waals surface area contributed by atoms with Gasteiger partial charge in [-0.25, -0.2) is 0 Å². The van der Waals surface area contributed by atoms with E-state index in [0.29, 0.717) is 12.8 Å². The van der Waals surface area contributed by atoms with Crippen LogP contribution in [0.2, 0.25) is 0 Å². The first-order chi connectivity index (χ1) is 8.17. The van der Waals surface area contributed by atoms with Crippen molar-refractivity contribution in [3.8, 4) is 0 Å². The maximum absolute atomic E-state index is 11.7. The smallest absolute Gasteiger partial charge is 0.223 e. The third-order valence-electron chi connectivity index (χ3n) is 2.82. The molecular weight excluding hydrogens is 222 g/mol. The van der Waals surface area contributed by atoms with Crippen LogP contribution in [0.4, 0.5) is 0 Å². The van der Waals surface area contributed by atoms with E-state index in [1.54, 1.807) is 0 Å². The van der Waals surface area contributed by atoms with Gasteiger partial charge in [-0.1, -0.05) is 18.5 Å². The fourth-order valence-corrected chi connectivity index (χ4v) is 1.92. The molecule has 17 heavy (non-hydrogen) atoms. The number of oxime groups is 1. The predicted molar refractivity (Wildman–Crippen MR) is 63.8 cm³/mol. The Morgan fingerprint density at radius 1 is 1.71 bits per heavy atom. The predicted octanol–water partition coefficient (Wildman–Crippen LogP) is 0.587. The lowest BCUT2D eigenvalue weighted by Gasteiger charge is -2.17. The van der Waals surface area contributed by atoms with E-state index in [4.69, 9.17) is 15.7 Å². The van der Waals surface area contributed by atoms with Crippen LogP contribution in [0.25, 0.3) is 0 Å². The summed E-state index contributed by atoms with van der Waals surface area (Å²) in [5, 5.41) is 14.3. The Bertz CT molecular complexity index is 275. The highest BCUT2D eigenvalue weighted by Gasteiger charge is 2.22. The molecule has 1 heterocycles. The number of amidine groups is 1. The van der Waals surface area contributed by atoms with E-state index in [-0.39, 0.29) is 23.9 Å². The molecule has 0 aromatic heterocycles. The zero-order valence-electron chi connectivity index (χ0n) is 10.2. The number of rotatable bonds is 6. The molecule has 6 heteroatoms. The van der Waals surface area contributed by atoms with Gasteiger partial charge >= 0.3 is 0 Å². The van der Waals surface area contributed by atoms with Crippen molar-refractivity contribution in [3.63, 3.8) is 0 Å². The SMILES string of the molecule is CCCC(NC(=O)CC1CCCO1)C(N)=NO. The van der Waals surface area contributed by atoms with Crippen molar-refractivity contribution >= 4 is 11.7 Å². The van der Waals surface area contributed by atoms with Crippen molar-refractivity contribution in [2.24, 2.45) is 10.9 Å². The van der Waals surface area contributed by atoms with Crippen LogP contribution in [0, 0.1) is 0 Å². The molecule has 98 valence electrons. The summed E-state index contributed by atoms with van der Waals surface area (Å²) in [7, 11) is 0. The molecule has 1 aliphatic rings. The van der Waals surface area contributed by atoms with Gasteiger partial charge in [-0.15, -0.1) is 0 Å². The van der Waals surface area contributed by atoms with Gasteiger partial charge in [-0.05, 0) is 19.3 Å². The van der Waals surface area contributed by atoms with Gasteiger partial charge in [-0.3, -0.25) is 4.79 Å². The fraction of sp³-hybridized carbons (Fsp3) is 0.818. The number of nitrogens with two attached hydrogens (primary N) is 1. The van der Waals surface area contributed by atoms with E-state index in [0.717, 1.165) is 25.9 Å². The van der Waals surface area contributed by atoms with Crippen molar-refractivity contribution in [2.75, 3.05) is 6.61 Å². The molecule has 6 nitrogen and oxygen atoms in total. The van der Waals surface area contributed by atoms with Crippen LogP contribution in [0.3, 0.4) is 0 Å². The number of nitrogens with zero attached hydrogens (tertiary/aromatic N) is 1. The summed E-state index contributed by atoms with van der Waals surface area (Å²) in [6.45, 7) is 2.71. The molecule has 1 rings (SSSR count). The summed E-state index contributed by atoms with van der Waals surface area (Å²) < 4.78 is 5.38. The lowest BCUT2D eigenvalue weighted by atomic mass is 10.1. The van der Waals surface area contributed by atoms with Crippen molar-refractivity contribution < 1.29 is 14.7 Å². The van der Waals surface area contributed by atoms with Crippen LogP contribution in [-0.4, -0.2) is 35.7 Å². The molecule has 0 bridgehead atoms. The molecular formula is C11H21N3O3. The molecule has 0 radical (unpaired) electrons. The Morgan fingerprint density at radius 3 is 3.00 bits per heavy atom. The highest BCUT2D eigenvalue weighted by Crippen LogP contribution is 2.15. The zero-order chi connectivity index (χ0) is 12.7. The van der Waals surface area contributed by atoms with Crippen molar-refractivity contribution in [3.05, 3.63) is 0 Å². The highest BCUT2D eigenvalue weighted by atomic mass is 16.5. The lowest BCUT2D eigenvalue weighted by molar-refractivity contribution is -0.123. The average Bonchev–Trinajstić information content (AvgIpc) is 2.80. The van der Waals surface area contributed by atoms with Gasteiger partial charge in [0.1, 0.15) is 0 Å². The number of carbonyl (C=O) groups excluding carboxylic acids is 1. The Hall–Kier alpha value is -1.30. The Balaban J connectivity index is 2.40. The van der Waals surface area contributed by atoms with Gasteiger partial charge in [0.05, 0.1) is 18.6 Å². The monoisotopic (exact) mass is 243 g/mol. The molecule has 0 aromatic rings. The van der Waals surface area contributed by atoms with Crippen LogP contribution in [0.5, 0.6) is 0 Å². The van der Waals surface area contributed by atoms with Crippen LogP contribution in [0.15, 0.2) is 5.16 Å². The molecule has 1 aliphatic heterocycles. The maximum Gasteiger partial charge on any atom is 0.223 e. The fourth-order valence-electron chi connectivity index (χ4n) is 1.92. The quantitative estimate of drug-likeness (QED) is 0.275. The minimum atomic E-state index is -0.390. The molecule has 4 N–H and O–H groups in total. The Morgan fingerprint density at radius 2 is 2.47 bits per heavy atom. The third kappa shape index (κ3) is 4.60. The molecule has 1 fully saturated rings. The van der Waals surface area contributed by atoms with Crippen LogP contribution in [-0.2, 0) is 9.53 Å². The number of hydrogen-bond acceptors (Lipinski definition) is 4. The third-order valence-corrected chi connectivity index (χ3v) is 2.82. The van der Waals surface area contributed by atoms with Gasteiger partial charge in [-0.2, -0.15) is 0 Å². The number of ether oxygens (including phenoxy) is 1. The summed E-state index contributed by atoms with van der Waals surface area (Å²) in [6, 6.07) is -0.390. The number of amides is 1. The van der Waals surface area contributed by atoms with Gasteiger partial charge in [0, 0.05) is 6.61 Å². The first-order valence-electron chi connectivity index (χ1n) is 6.05. The topological polar surface area (TPSA) is 96.9 Å². The van der Waals surface area contributed by atoms with Crippen molar-refractivity contribution in [1.82, 2.24) is 5.32 Å². The molecule has 2 unspecified atom stereocenters. The molecule has 1 saturated heterocycles.